The van der Waals surface area contributed by atoms with Gasteiger partial charge < -0.3 is 5.11 Å². The third-order valence-electron chi connectivity index (χ3n) is 2.72. The van der Waals surface area contributed by atoms with Crippen LogP contribution in [-0.4, -0.2) is 10.1 Å². The van der Waals surface area contributed by atoms with Crippen molar-refractivity contribution in [1.29, 1.82) is 0 Å². The van der Waals surface area contributed by atoms with Crippen molar-refractivity contribution in [2.45, 2.75) is 25.4 Å². The summed E-state index contributed by atoms with van der Waals surface area (Å²) < 4.78 is 13.1. The van der Waals surface area contributed by atoms with Crippen LogP contribution in [0.2, 0.25) is 0 Å². The van der Waals surface area contributed by atoms with Crippen LogP contribution in [0.25, 0.3) is 0 Å². The van der Waals surface area contributed by atoms with E-state index in [2.05, 4.69) is 4.98 Å². The summed E-state index contributed by atoms with van der Waals surface area (Å²) in [5.74, 6) is -0.154. The second-order valence-electron chi connectivity index (χ2n) is 3.53. The van der Waals surface area contributed by atoms with Crippen LogP contribution in [0.3, 0.4) is 0 Å². The van der Waals surface area contributed by atoms with Gasteiger partial charge in [-0.05, 0) is 24.8 Å². The van der Waals surface area contributed by atoms with Crippen molar-refractivity contribution in [2.75, 3.05) is 0 Å². The van der Waals surface area contributed by atoms with E-state index in [-0.39, 0.29) is 5.92 Å². The average molecular weight is 181 g/mol. The lowest BCUT2D eigenvalue weighted by Crippen LogP contribution is -2.20. The summed E-state index contributed by atoms with van der Waals surface area (Å²) in [5, 5.41) is 9.75. The van der Waals surface area contributed by atoms with Crippen molar-refractivity contribution >= 4 is 0 Å². The lowest BCUT2D eigenvalue weighted by molar-refractivity contribution is 0.0591. The Hall–Kier alpha value is -0.960. The first-order valence-corrected chi connectivity index (χ1v) is 4.56. The first-order valence-electron chi connectivity index (χ1n) is 4.56. The van der Waals surface area contributed by atoms with Gasteiger partial charge in [0.05, 0.1) is 12.3 Å². The van der Waals surface area contributed by atoms with E-state index < -0.39 is 11.9 Å². The lowest BCUT2D eigenvalue weighted by atomic mass is 9.79. The molecular weight excluding hydrogens is 169 g/mol. The minimum atomic E-state index is -0.642. The van der Waals surface area contributed by atoms with Crippen molar-refractivity contribution in [1.82, 2.24) is 4.98 Å². The Morgan fingerprint density at radius 3 is 2.85 bits per heavy atom. The SMILES string of the molecule is OC(c1ccncc1F)C1CCC1. The molecule has 13 heavy (non-hydrogen) atoms. The first-order chi connectivity index (χ1) is 6.29. The molecule has 1 unspecified atom stereocenters. The summed E-state index contributed by atoms with van der Waals surface area (Å²) in [6, 6.07) is 1.55. The second kappa shape index (κ2) is 3.42. The molecule has 1 N–H and O–H groups in total. The molecule has 1 atom stereocenters. The molecule has 1 heterocycles. The van der Waals surface area contributed by atoms with Gasteiger partial charge in [0, 0.05) is 11.8 Å². The molecule has 0 aromatic carbocycles. The zero-order valence-corrected chi connectivity index (χ0v) is 7.28. The van der Waals surface area contributed by atoms with Gasteiger partial charge >= 0.3 is 0 Å². The maximum absolute atomic E-state index is 13.1. The maximum Gasteiger partial charge on any atom is 0.147 e. The Labute approximate surface area is 76.4 Å². The number of hydrogen-bond acceptors (Lipinski definition) is 2. The Bertz CT molecular complexity index is 299. The molecule has 0 amide bonds. The van der Waals surface area contributed by atoms with E-state index in [0.29, 0.717) is 5.56 Å². The highest BCUT2D eigenvalue weighted by molar-refractivity contribution is 5.16. The summed E-state index contributed by atoms with van der Waals surface area (Å²) in [7, 11) is 0. The summed E-state index contributed by atoms with van der Waals surface area (Å²) >= 11 is 0. The Morgan fingerprint density at radius 2 is 2.31 bits per heavy atom. The molecule has 0 aliphatic heterocycles. The summed E-state index contributed by atoms with van der Waals surface area (Å²) in [4.78, 5) is 3.64. The van der Waals surface area contributed by atoms with E-state index in [1.54, 1.807) is 6.07 Å². The number of aliphatic hydroxyl groups excluding tert-OH is 1. The van der Waals surface area contributed by atoms with E-state index in [1.807, 2.05) is 0 Å². The molecule has 70 valence electrons. The Balaban J connectivity index is 2.18. The molecule has 2 rings (SSSR count). The fourth-order valence-corrected chi connectivity index (χ4v) is 1.64. The van der Waals surface area contributed by atoms with Crippen molar-refractivity contribution in [2.24, 2.45) is 5.92 Å². The molecule has 0 radical (unpaired) electrons. The molecular formula is C10H12FNO. The maximum atomic E-state index is 13.1. The Kier molecular flexibility index (Phi) is 2.27. The zero-order valence-electron chi connectivity index (χ0n) is 7.28. The molecule has 0 saturated heterocycles. The molecule has 1 aromatic rings. The Morgan fingerprint density at radius 1 is 1.54 bits per heavy atom. The van der Waals surface area contributed by atoms with Crippen molar-refractivity contribution in [3.05, 3.63) is 29.8 Å². The van der Waals surface area contributed by atoms with Crippen LogP contribution >= 0.6 is 0 Å². The van der Waals surface area contributed by atoms with Crippen LogP contribution in [0.1, 0.15) is 30.9 Å². The van der Waals surface area contributed by atoms with Gasteiger partial charge in [0.25, 0.3) is 0 Å². The smallest absolute Gasteiger partial charge is 0.147 e. The van der Waals surface area contributed by atoms with Gasteiger partial charge in [-0.3, -0.25) is 4.98 Å². The zero-order chi connectivity index (χ0) is 9.26. The van der Waals surface area contributed by atoms with Gasteiger partial charge in [0.1, 0.15) is 5.82 Å². The van der Waals surface area contributed by atoms with Gasteiger partial charge in [-0.2, -0.15) is 0 Å². The standard InChI is InChI=1S/C10H12FNO/c11-9-6-12-5-4-8(9)10(13)7-2-1-3-7/h4-7,10,13H,1-3H2. The van der Waals surface area contributed by atoms with E-state index in [0.717, 1.165) is 25.5 Å². The minimum Gasteiger partial charge on any atom is -0.388 e. The summed E-state index contributed by atoms with van der Waals surface area (Å²) in [6.07, 6.45) is 5.18. The quantitative estimate of drug-likeness (QED) is 0.757. The van der Waals surface area contributed by atoms with Crippen LogP contribution in [0.4, 0.5) is 4.39 Å². The van der Waals surface area contributed by atoms with Crippen LogP contribution in [-0.2, 0) is 0 Å². The number of rotatable bonds is 2. The van der Waals surface area contributed by atoms with E-state index in [1.165, 1.54) is 6.20 Å². The predicted octanol–water partition coefficient (Wildman–Crippen LogP) is 2.05. The minimum absolute atomic E-state index is 0.247. The number of hydrogen-bond donors (Lipinski definition) is 1. The van der Waals surface area contributed by atoms with E-state index >= 15 is 0 Å². The van der Waals surface area contributed by atoms with E-state index in [4.69, 9.17) is 0 Å². The number of aromatic nitrogens is 1. The molecule has 1 saturated carbocycles. The van der Waals surface area contributed by atoms with Gasteiger partial charge in [-0.1, -0.05) is 6.42 Å². The topological polar surface area (TPSA) is 33.1 Å². The normalized spacial score (nSPS) is 19.5. The monoisotopic (exact) mass is 181 g/mol. The third-order valence-corrected chi connectivity index (χ3v) is 2.72. The summed E-state index contributed by atoms with van der Waals surface area (Å²) in [6.45, 7) is 0. The van der Waals surface area contributed by atoms with Gasteiger partial charge in [0.2, 0.25) is 0 Å². The van der Waals surface area contributed by atoms with Crippen molar-refractivity contribution in [3.63, 3.8) is 0 Å². The highest BCUT2D eigenvalue weighted by Gasteiger charge is 2.28. The van der Waals surface area contributed by atoms with Gasteiger partial charge in [-0.15, -0.1) is 0 Å². The molecule has 3 heteroatoms. The number of aliphatic hydroxyl groups is 1. The van der Waals surface area contributed by atoms with Crippen molar-refractivity contribution < 1.29 is 9.50 Å². The second-order valence-corrected chi connectivity index (χ2v) is 3.53. The number of pyridine rings is 1. The average Bonchev–Trinajstić information content (AvgIpc) is 2.01. The highest BCUT2D eigenvalue weighted by Crippen LogP contribution is 2.37. The van der Waals surface area contributed by atoms with Gasteiger partial charge in [-0.25, -0.2) is 4.39 Å². The fourth-order valence-electron chi connectivity index (χ4n) is 1.64. The van der Waals surface area contributed by atoms with Crippen molar-refractivity contribution in [3.8, 4) is 0 Å². The highest BCUT2D eigenvalue weighted by atomic mass is 19.1. The third kappa shape index (κ3) is 1.56. The first kappa shape index (κ1) is 8.63. The summed E-state index contributed by atoms with van der Waals surface area (Å²) in [5.41, 5.74) is 0.389. The largest absolute Gasteiger partial charge is 0.388 e. The van der Waals surface area contributed by atoms with Gasteiger partial charge in [0.15, 0.2) is 0 Å². The molecule has 0 bridgehead atoms. The van der Waals surface area contributed by atoms with Crippen LogP contribution in [0, 0.1) is 11.7 Å². The molecule has 1 aliphatic carbocycles. The predicted molar refractivity (Wildman–Crippen MR) is 46.5 cm³/mol. The van der Waals surface area contributed by atoms with Crippen LogP contribution in [0.15, 0.2) is 18.5 Å². The molecule has 1 fully saturated rings. The van der Waals surface area contributed by atoms with E-state index in [9.17, 15) is 9.50 Å². The number of nitrogens with zero attached hydrogens (tertiary/aromatic N) is 1. The lowest BCUT2D eigenvalue weighted by Gasteiger charge is -2.30. The molecule has 0 spiro atoms. The number of halogens is 1. The fraction of sp³-hybridized carbons (Fsp3) is 0.500. The molecule has 2 nitrogen and oxygen atoms in total. The van der Waals surface area contributed by atoms with Crippen LogP contribution < -0.4 is 0 Å². The van der Waals surface area contributed by atoms with Crippen LogP contribution in [0.5, 0.6) is 0 Å². The molecule has 1 aromatic heterocycles. The molecule has 1 aliphatic rings.